The molecule has 1 atom stereocenters. The van der Waals surface area contributed by atoms with Gasteiger partial charge in [0.15, 0.2) is 10.0 Å². The van der Waals surface area contributed by atoms with Gasteiger partial charge in [0.05, 0.1) is 5.56 Å². The first-order valence-electron chi connectivity index (χ1n) is 9.41. The number of hydrogen-bond donors (Lipinski definition) is 2. The van der Waals surface area contributed by atoms with Crippen LogP contribution in [0.25, 0.3) is 11.1 Å². The molecule has 1 unspecified atom stereocenters. The van der Waals surface area contributed by atoms with E-state index >= 15 is 0 Å². The highest BCUT2D eigenvalue weighted by Crippen LogP contribution is 2.28. The lowest BCUT2D eigenvalue weighted by Crippen LogP contribution is -2.13. The molecular weight excluding hydrogens is 451 g/mol. The number of carbonyl (C=O) groups is 1. The fourth-order valence-corrected chi connectivity index (χ4v) is 3.96. The minimum absolute atomic E-state index is 0.158. The van der Waals surface area contributed by atoms with Gasteiger partial charge < -0.3 is 9.87 Å². The molecule has 2 heterocycles. The summed E-state index contributed by atoms with van der Waals surface area (Å²) in [6.07, 6.45) is 4.51. The number of aromatic nitrogens is 2. The Hall–Kier alpha value is -3.46. The molecule has 0 spiro atoms. The number of nitrogens with zero attached hydrogens (tertiary/aromatic N) is 2. The molecule has 1 amide bonds. The molecule has 2 N–H and O–H groups in total. The fourth-order valence-electron chi connectivity index (χ4n) is 2.87. The molecule has 0 aliphatic rings. The van der Waals surface area contributed by atoms with Gasteiger partial charge in [-0.15, -0.1) is 0 Å². The van der Waals surface area contributed by atoms with E-state index in [0.29, 0.717) is 27.4 Å². The molecule has 0 saturated carbocycles. The summed E-state index contributed by atoms with van der Waals surface area (Å²) in [6, 6.07) is 17.8. The van der Waals surface area contributed by atoms with Gasteiger partial charge in [0.1, 0.15) is 22.9 Å². The first-order valence-corrected chi connectivity index (χ1v) is 10.9. The lowest BCUT2D eigenvalue weighted by Gasteiger charge is -2.13. The van der Waals surface area contributed by atoms with Crippen molar-refractivity contribution >= 4 is 40.2 Å². The number of hydrogen-bond acceptors (Lipinski definition) is 5. The molecule has 4 rings (SSSR count). The van der Waals surface area contributed by atoms with Gasteiger partial charge in [-0.05, 0) is 42.5 Å². The summed E-state index contributed by atoms with van der Waals surface area (Å²) in [4.78, 5) is 21.4. The van der Waals surface area contributed by atoms with Crippen molar-refractivity contribution in [1.82, 2.24) is 9.97 Å². The second kappa shape index (κ2) is 9.78. The quantitative estimate of drug-likeness (QED) is 0.296. The zero-order chi connectivity index (χ0) is 22.5. The van der Waals surface area contributed by atoms with Gasteiger partial charge in [-0.2, -0.15) is 0 Å². The van der Waals surface area contributed by atoms with Crippen molar-refractivity contribution in [3.8, 4) is 11.1 Å². The summed E-state index contributed by atoms with van der Waals surface area (Å²) in [5, 5.41) is 2.79. The summed E-state index contributed by atoms with van der Waals surface area (Å²) in [5.74, 6) is -0.884. The molecule has 0 saturated heterocycles. The van der Waals surface area contributed by atoms with Gasteiger partial charge in [-0.3, -0.25) is 9.78 Å². The summed E-state index contributed by atoms with van der Waals surface area (Å²) in [6.45, 7) is 0. The molecule has 0 fully saturated rings. The average Bonchev–Trinajstić information content (AvgIpc) is 2.81. The van der Waals surface area contributed by atoms with Crippen LogP contribution in [0.3, 0.4) is 0 Å². The Labute approximate surface area is 191 Å². The van der Waals surface area contributed by atoms with E-state index in [1.54, 1.807) is 48.7 Å². The van der Waals surface area contributed by atoms with Gasteiger partial charge >= 0.3 is 0 Å². The standard InChI is InChI=1S/C23H16ClFN4O2S/c24-22-21(29-32(31)20-7-2-1-3-8-20)10-16(14-27-22)15-9-17(13-26-12-15)23(30)28-19-6-4-5-18(25)11-19/h1-14,29H,(H,28,30). The maximum atomic E-state index is 13.4. The van der Waals surface area contributed by atoms with Gasteiger partial charge in [0.25, 0.3) is 5.91 Å². The monoisotopic (exact) mass is 466 g/mol. The van der Waals surface area contributed by atoms with Gasteiger partial charge in [-0.1, -0.05) is 35.9 Å². The van der Waals surface area contributed by atoms with E-state index in [0.717, 1.165) is 0 Å². The number of amides is 1. The molecule has 2 aromatic carbocycles. The average molecular weight is 467 g/mol. The molecule has 2 aromatic heterocycles. The predicted octanol–water partition coefficient (Wildman–Crippen LogP) is 5.32. The Balaban J connectivity index is 1.56. The minimum atomic E-state index is -1.53. The van der Waals surface area contributed by atoms with Crippen molar-refractivity contribution < 1.29 is 13.7 Å². The molecule has 9 heteroatoms. The Morgan fingerprint density at radius 3 is 2.53 bits per heavy atom. The van der Waals surface area contributed by atoms with Crippen molar-refractivity contribution in [1.29, 1.82) is 0 Å². The van der Waals surface area contributed by atoms with Crippen LogP contribution < -0.4 is 10.0 Å². The van der Waals surface area contributed by atoms with Crippen molar-refractivity contribution in [2.24, 2.45) is 0 Å². The molecule has 160 valence electrons. The minimum Gasteiger partial charge on any atom is -0.588 e. The highest BCUT2D eigenvalue weighted by Gasteiger charge is 2.16. The first-order chi connectivity index (χ1) is 15.5. The topological polar surface area (TPSA) is 90.0 Å². The molecule has 0 aliphatic carbocycles. The molecule has 6 nitrogen and oxygen atoms in total. The molecular formula is C23H16ClFN4O2S. The summed E-state index contributed by atoms with van der Waals surface area (Å²) >= 11 is 4.65. The fraction of sp³-hybridized carbons (Fsp3) is 0. The van der Waals surface area contributed by atoms with Crippen LogP contribution in [-0.4, -0.2) is 20.4 Å². The second-order valence-corrected chi connectivity index (χ2v) is 8.24. The van der Waals surface area contributed by atoms with Crippen LogP contribution in [0.2, 0.25) is 5.15 Å². The lowest BCUT2D eigenvalue weighted by molar-refractivity contribution is 0.102. The molecule has 32 heavy (non-hydrogen) atoms. The van der Waals surface area contributed by atoms with Gasteiger partial charge in [-0.25, -0.2) is 14.1 Å². The van der Waals surface area contributed by atoms with E-state index in [1.165, 1.54) is 30.6 Å². The van der Waals surface area contributed by atoms with E-state index in [1.807, 2.05) is 6.07 Å². The normalized spacial score (nSPS) is 11.6. The number of rotatable bonds is 6. The van der Waals surface area contributed by atoms with Crippen LogP contribution in [0.5, 0.6) is 0 Å². The third kappa shape index (κ3) is 5.23. The zero-order valence-electron chi connectivity index (χ0n) is 16.5. The summed E-state index contributed by atoms with van der Waals surface area (Å²) in [5.41, 5.74) is 2.22. The first kappa shape index (κ1) is 21.8. The van der Waals surface area contributed by atoms with Gasteiger partial charge in [0, 0.05) is 35.4 Å². The largest absolute Gasteiger partial charge is 0.588 e. The van der Waals surface area contributed by atoms with Crippen molar-refractivity contribution in [2.75, 3.05) is 10.0 Å². The Morgan fingerprint density at radius 1 is 0.969 bits per heavy atom. The van der Waals surface area contributed by atoms with Crippen LogP contribution >= 0.6 is 11.6 Å². The van der Waals surface area contributed by atoms with E-state index in [2.05, 4.69) is 20.0 Å². The number of carbonyl (C=O) groups excluding carboxylic acids is 1. The zero-order valence-corrected chi connectivity index (χ0v) is 18.0. The van der Waals surface area contributed by atoms with Crippen LogP contribution in [0.15, 0.2) is 90.2 Å². The number of halogens is 2. The summed E-state index contributed by atoms with van der Waals surface area (Å²) in [7, 11) is 0. The van der Waals surface area contributed by atoms with Crippen molar-refractivity contribution in [2.45, 2.75) is 4.90 Å². The lowest BCUT2D eigenvalue weighted by atomic mass is 10.1. The van der Waals surface area contributed by atoms with Crippen LogP contribution in [0, 0.1) is 5.82 Å². The Morgan fingerprint density at radius 2 is 1.75 bits per heavy atom. The van der Waals surface area contributed by atoms with E-state index in [-0.39, 0.29) is 10.7 Å². The van der Waals surface area contributed by atoms with Crippen LogP contribution in [-0.2, 0) is 11.4 Å². The second-order valence-electron chi connectivity index (χ2n) is 6.67. The van der Waals surface area contributed by atoms with Crippen molar-refractivity contribution in [3.63, 3.8) is 0 Å². The summed E-state index contributed by atoms with van der Waals surface area (Å²) < 4.78 is 28.8. The maximum absolute atomic E-state index is 13.4. The smallest absolute Gasteiger partial charge is 0.257 e. The van der Waals surface area contributed by atoms with E-state index in [9.17, 15) is 13.7 Å². The molecule has 4 aromatic rings. The van der Waals surface area contributed by atoms with E-state index in [4.69, 9.17) is 11.6 Å². The van der Waals surface area contributed by atoms with Crippen LogP contribution in [0.4, 0.5) is 15.8 Å². The number of anilines is 2. The highest BCUT2D eigenvalue weighted by atomic mass is 35.5. The van der Waals surface area contributed by atoms with Gasteiger partial charge in [0.2, 0.25) is 0 Å². The number of nitrogens with one attached hydrogen (secondary N) is 2. The third-order valence-corrected chi connectivity index (χ3v) is 5.82. The SMILES string of the molecule is O=C(Nc1cccc(F)c1)c1cncc(-c2cnc(Cl)c(N[S+]([O-])c3ccccc3)c2)c1. The number of benzene rings is 2. The maximum Gasteiger partial charge on any atom is 0.257 e. The van der Waals surface area contributed by atoms with Crippen molar-refractivity contribution in [3.05, 3.63) is 102 Å². The molecule has 0 bridgehead atoms. The predicted molar refractivity (Wildman–Crippen MR) is 123 cm³/mol. The Bertz CT molecular complexity index is 1260. The Kier molecular flexibility index (Phi) is 6.65. The third-order valence-electron chi connectivity index (χ3n) is 4.42. The number of pyridine rings is 2. The van der Waals surface area contributed by atoms with Crippen LogP contribution in [0.1, 0.15) is 10.4 Å². The highest BCUT2D eigenvalue weighted by molar-refractivity contribution is 7.92. The van der Waals surface area contributed by atoms with E-state index < -0.39 is 23.1 Å². The molecule has 0 radical (unpaired) electrons. The molecule has 0 aliphatic heterocycles.